The fourth-order valence-electron chi connectivity index (χ4n) is 6.96. The molecule has 4 bridgehead atoms. The molecular formula is C19H29FO4S. The molecule has 0 aliphatic heterocycles. The van der Waals surface area contributed by atoms with E-state index in [1.54, 1.807) is 0 Å². The van der Waals surface area contributed by atoms with Crippen LogP contribution in [0.25, 0.3) is 0 Å². The molecule has 0 aromatic heterocycles. The van der Waals surface area contributed by atoms with Crippen LogP contribution >= 0.6 is 0 Å². The van der Waals surface area contributed by atoms with Gasteiger partial charge in [0, 0.05) is 12.3 Å². The van der Waals surface area contributed by atoms with E-state index >= 15 is 4.39 Å². The number of rotatable bonds is 5. The second-order valence-electron chi connectivity index (χ2n) is 9.50. The molecule has 5 aliphatic rings. The first-order chi connectivity index (χ1) is 11.7. The highest BCUT2D eigenvalue weighted by molar-refractivity contribution is 7.87. The number of hydrogen-bond acceptors (Lipinski definition) is 3. The number of carbonyl (C=O) groups is 1. The average Bonchev–Trinajstić information content (AvgIpc) is 2.52. The first-order valence-electron chi connectivity index (χ1n) is 9.91. The molecule has 0 amide bonds. The van der Waals surface area contributed by atoms with Crippen LogP contribution in [0.2, 0.25) is 0 Å². The van der Waals surface area contributed by atoms with Gasteiger partial charge >= 0.3 is 10.1 Å². The zero-order valence-electron chi connectivity index (χ0n) is 14.8. The van der Waals surface area contributed by atoms with Gasteiger partial charge in [-0.2, -0.15) is 8.42 Å². The first-order valence-corrected chi connectivity index (χ1v) is 11.4. The highest BCUT2D eigenvalue weighted by Crippen LogP contribution is 2.63. The summed E-state index contributed by atoms with van der Waals surface area (Å²) in [6.07, 6.45) is 9.38. The summed E-state index contributed by atoms with van der Waals surface area (Å²) in [6, 6.07) is 0. The Kier molecular flexibility index (Phi) is 4.31. The number of hydrogen-bond donors (Lipinski definition) is 1. The fourth-order valence-corrected chi connectivity index (χ4v) is 7.87. The summed E-state index contributed by atoms with van der Waals surface area (Å²) >= 11 is 0. The van der Waals surface area contributed by atoms with Gasteiger partial charge < -0.3 is 0 Å². The summed E-state index contributed by atoms with van der Waals surface area (Å²) in [7, 11) is -5.07. The molecule has 142 valence electrons. The average molecular weight is 373 g/mol. The van der Waals surface area contributed by atoms with Crippen molar-refractivity contribution in [3.05, 3.63) is 0 Å². The summed E-state index contributed by atoms with van der Waals surface area (Å²) in [5.41, 5.74) is -0.413. The maximum atomic E-state index is 15.8. The van der Waals surface area contributed by atoms with Crippen molar-refractivity contribution in [3.8, 4) is 0 Å². The van der Waals surface area contributed by atoms with Crippen LogP contribution in [-0.2, 0) is 14.9 Å². The van der Waals surface area contributed by atoms with Crippen LogP contribution in [-0.4, -0.2) is 23.8 Å². The normalized spacial score (nSPS) is 40.8. The molecule has 0 saturated heterocycles. The Morgan fingerprint density at radius 1 is 1.00 bits per heavy atom. The van der Waals surface area contributed by atoms with E-state index in [0.717, 1.165) is 38.5 Å². The zero-order valence-corrected chi connectivity index (χ0v) is 15.6. The van der Waals surface area contributed by atoms with Gasteiger partial charge in [-0.05, 0) is 74.5 Å². The van der Waals surface area contributed by atoms with Gasteiger partial charge in [0.25, 0.3) is 5.00 Å². The third kappa shape index (κ3) is 3.07. The lowest BCUT2D eigenvalue weighted by molar-refractivity contribution is -0.136. The molecule has 5 aliphatic carbocycles. The van der Waals surface area contributed by atoms with Crippen LogP contribution in [0.4, 0.5) is 4.39 Å². The second-order valence-corrected chi connectivity index (χ2v) is 11.1. The van der Waals surface area contributed by atoms with Crippen molar-refractivity contribution < 1.29 is 22.2 Å². The molecule has 0 aromatic rings. The van der Waals surface area contributed by atoms with Crippen molar-refractivity contribution in [1.82, 2.24) is 0 Å². The Hall–Kier alpha value is -0.490. The minimum Gasteiger partial charge on any atom is -0.294 e. The van der Waals surface area contributed by atoms with E-state index in [4.69, 9.17) is 0 Å². The lowest BCUT2D eigenvalue weighted by Gasteiger charge is -2.57. The predicted octanol–water partition coefficient (Wildman–Crippen LogP) is 4.30. The topological polar surface area (TPSA) is 71.4 Å². The molecule has 0 spiro atoms. The Labute approximate surface area is 149 Å². The van der Waals surface area contributed by atoms with Gasteiger partial charge in [-0.25, -0.2) is 4.39 Å². The number of alkyl halides is 1. The van der Waals surface area contributed by atoms with Crippen LogP contribution in [0.15, 0.2) is 0 Å². The maximum Gasteiger partial charge on any atom is 0.307 e. The van der Waals surface area contributed by atoms with E-state index in [1.807, 2.05) is 0 Å². The number of carbonyl (C=O) groups excluding carboxylic acids is 1. The third-order valence-electron chi connectivity index (χ3n) is 7.52. The lowest BCUT2D eigenvalue weighted by Crippen LogP contribution is -2.54. The van der Waals surface area contributed by atoms with Crippen molar-refractivity contribution in [2.45, 2.75) is 82.1 Å². The number of Topliss-reactive ketones (excluding diaryl/α,β-unsaturated/α-hetero) is 1. The second kappa shape index (κ2) is 6.01. The minimum absolute atomic E-state index is 0.322. The molecule has 1 N–H and O–H groups in total. The largest absolute Gasteiger partial charge is 0.307 e. The number of ketones is 1. The standard InChI is InChI=1S/C19H29FO4S/c20-19(25(22,23)24,17(21)16-4-2-1-3-5-16)12-18-9-13-6-14(10-18)8-15(7-13)11-18/h13-16H,1-12H2,(H,22,23,24). The van der Waals surface area contributed by atoms with Gasteiger partial charge in [-0.15, -0.1) is 0 Å². The summed E-state index contributed by atoms with van der Waals surface area (Å²) in [5.74, 6) is 0.199. The molecule has 1 unspecified atom stereocenters. The summed E-state index contributed by atoms with van der Waals surface area (Å²) < 4.78 is 49.6. The Morgan fingerprint density at radius 2 is 1.48 bits per heavy atom. The molecule has 1 atom stereocenters. The van der Waals surface area contributed by atoms with Crippen LogP contribution in [0.1, 0.15) is 77.0 Å². The molecule has 0 aromatic carbocycles. The Balaban J connectivity index is 1.62. The predicted molar refractivity (Wildman–Crippen MR) is 92.2 cm³/mol. The Bertz CT molecular complexity index is 617. The van der Waals surface area contributed by atoms with Gasteiger partial charge in [-0.1, -0.05) is 19.3 Å². The van der Waals surface area contributed by atoms with Crippen molar-refractivity contribution in [2.24, 2.45) is 29.1 Å². The van der Waals surface area contributed by atoms with Crippen LogP contribution < -0.4 is 0 Å². The minimum atomic E-state index is -5.07. The molecule has 0 heterocycles. The van der Waals surface area contributed by atoms with Gasteiger partial charge in [0.1, 0.15) is 0 Å². The highest BCUT2D eigenvalue weighted by atomic mass is 32.2. The summed E-state index contributed by atoms with van der Waals surface area (Å²) in [4.78, 5) is 12.9. The molecular weight excluding hydrogens is 343 g/mol. The molecule has 25 heavy (non-hydrogen) atoms. The quantitative estimate of drug-likeness (QED) is 0.731. The van der Waals surface area contributed by atoms with E-state index in [0.29, 0.717) is 30.6 Å². The van der Waals surface area contributed by atoms with Gasteiger partial charge in [0.15, 0.2) is 5.78 Å². The maximum absolute atomic E-state index is 15.8. The van der Waals surface area contributed by atoms with E-state index in [1.165, 1.54) is 19.3 Å². The lowest BCUT2D eigenvalue weighted by atomic mass is 9.48. The fraction of sp³-hybridized carbons (Fsp3) is 0.947. The summed E-state index contributed by atoms with van der Waals surface area (Å²) in [5, 5.41) is -3.11. The monoisotopic (exact) mass is 372 g/mol. The molecule has 5 fully saturated rings. The Morgan fingerprint density at radius 3 is 1.92 bits per heavy atom. The zero-order chi connectivity index (χ0) is 17.9. The van der Waals surface area contributed by atoms with Crippen molar-refractivity contribution in [1.29, 1.82) is 0 Å². The molecule has 5 rings (SSSR count). The van der Waals surface area contributed by atoms with E-state index < -0.39 is 32.2 Å². The van der Waals surface area contributed by atoms with Gasteiger partial charge in [0.2, 0.25) is 0 Å². The van der Waals surface area contributed by atoms with E-state index in [9.17, 15) is 17.8 Å². The SMILES string of the molecule is O=C(C1CCCCC1)C(F)(CC12CC3CC(CC(C3)C1)C2)S(=O)(=O)O. The van der Waals surface area contributed by atoms with Gasteiger partial charge in [-0.3, -0.25) is 9.35 Å². The molecule has 4 nitrogen and oxygen atoms in total. The molecule has 5 saturated carbocycles. The molecule has 6 heteroatoms. The third-order valence-corrected chi connectivity index (χ3v) is 8.68. The van der Waals surface area contributed by atoms with E-state index in [2.05, 4.69) is 0 Å². The van der Waals surface area contributed by atoms with Gasteiger partial charge in [0.05, 0.1) is 0 Å². The number of halogens is 1. The smallest absolute Gasteiger partial charge is 0.294 e. The van der Waals surface area contributed by atoms with Crippen LogP contribution in [0.3, 0.4) is 0 Å². The molecule has 0 radical (unpaired) electrons. The highest BCUT2D eigenvalue weighted by Gasteiger charge is 2.61. The van der Waals surface area contributed by atoms with E-state index in [-0.39, 0.29) is 6.42 Å². The summed E-state index contributed by atoms with van der Waals surface area (Å²) in [6.45, 7) is 0. The van der Waals surface area contributed by atoms with Crippen LogP contribution in [0.5, 0.6) is 0 Å². The first kappa shape index (κ1) is 17.9. The van der Waals surface area contributed by atoms with Crippen molar-refractivity contribution >= 4 is 15.9 Å². The van der Waals surface area contributed by atoms with Crippen LogP contribution in [0, 0.1) is 29.1 Å². The van der Waals surface area contributed by atoms with Crippen molar-refractivity contribution in [2.75, 3.05) is 0 Å². The van der Waals surface area contributed by atoms with Crippen molar-refractivity contribution in [3.63, 3.8) is 0 Å².